The predicted octanol–water partition coefficient (Wildman–Crippen LogP) is 3.80. The third-order valence-corrected chi connectivity index (χ3v) is 6.66. The van der Waals surface area contributed by atoms with E-state index in [0.29, 0.717) is 38.8 Å². The maximum Gasteiger partial charge on any atom is 0.326 e. The van der Waals surface area contributed by atoms with Crippen LogP contribution >= 0.6 is 22.6 Å². The lowest BCUT2D eigenvalue weighted by Crippen LogP contribution is -2.44. The van der Waals surface area contributed by atoms with Crippen molar-refractivity contribution in [2.24, 2.45) is 5.92 Å². The van der Waals surface area contributed by atoms with E-state index in [0.717, 1.165) is 14.7 Å². The number of carboxylic acids is 1. The highest BCUT2D eigenvalue weighted by Crippen LogP contribution is 2.21. The fourth-order valence-corrected chi connectivity index (χ4v) is 4.42. The Hall–Kier alpha value is -2.49. The number of nitrogens with one attached hydrogen (secondary N) is 1. The van der Waals surface area contributed by atoms with Crippen molar-refractivity contribution in [3.8, 4) is 0 Å². The molecular weight excluding hydrogens is 538 g/mol. The Morgan fingerprint density at radius 2 is 1.79 bits per heavy atom. The summed E-state index contributed by atoms with van der Waals surface area (Å²) in [7, 11) is 0. The van der Waals surface area contributed by atoms with Crippen LogP contribution in [0.25, 0.3) is 0 Å². The molecule has 6 nitrogen and oxygen atoms in total. The minimum Gasteiger partial charge on any atom is -0.480 e. The van der Waals surface area contributed by atoms with Crippen molar-refractivity contribution in [3.05, 3.63) is 69.0 Å². The van der Waals surface area contributed by atoms with Crippen molar-refractivity contribution in [3.63, 3.8) is 0 Å². The van der Waals surface area contributed by atoms with Gasteiger partial charge in [0, 0.05) is 35.9 Å². The molecule has 0 aliphatic carbocycles. The Bertz CT molecular complexity index is 975. The van der Waals surface area contributed by atoms with Crippen LogP contribution in [-0.2, 0) is 27.2 Å². The quantitative estimate of drug-likeness (QED) is 0.453. The third-order valence-electron chi connectivity index (χ3n) is 5.94. The van der Waals surface area contributed by atoms with Crippen LogP contribution in [-0.4, -0.2) is 46.9 Å². The van der Waals surface area contributed by atoms with Crippen LogP contribution in [0.2, 0.25) is 0 Å². The van der Waals surface area contributed by atoms with Crippen LogP contribution in [0.5, 0.6) is 0 Å². The second-order valence-corrected chi connectivity index (χ2v) is 9.69. The number of rotatable bonds is 9. The Labute approximate surface area is 206 Å². The molecule has 1 saturated heterocycles. The number of hydrogen-bond acceptors (Lipinski definition) is 3. The summed E-state index contributed by atoms with van der Waals surface area (Å²) in [6.45, 7) is 1.15. The van der Waals surface area contributed by atoms with Crippen molar-refractivity contribution < 1.29 is 23.9 Å². The molecule has 0 spiro atoms. The highest BCUT2D eigenvalue weighted by atomic mass is 127. The van der Waals surface area contributed by atoms with Gasteiger partial charge in [0.05, 0.1) is 0 Å². The lowest BCUT2D eigenvalue weighted by atomic mass is 9.92. The normalized spacial score (nSPS) is 15.2. The molecule has 8 heteroatoms. The van der Waals surface area contributed by atoms with Gasteiger partial charge in [-0.05, 0) is 83.2 Å². The van der Waals surface area contributed by atoms with E-state index in [2.05, 4.69) is 27.9 Å². The molecule has 0 radical (unpaired) electrons. The van der Waals surface area contributed by atoms with E-state index in [-0.39, 0.29) is 36.4 Å². The fraction of sp³-hybridized carbons (Fsp3) is 0.400. The van der Waals surface area contributed by atoms with E-state index in [1.165, 1.54) is 12.1 Å². The van der Waals surface area contributed by atoms with Gasteiger partial charge in [-0.25, -0.2) is 9.18 Å². The Morgan fingerprint density at radius 3 is 2.42 bits per heavy atom. The van der Waals surface area contributed by atoms with E-state index >= 15 is 0 Å². The van der Waals surface area contributed by atoms with Gasteiger partial charge >= 0.3 is 5.97 Å². The van der Waals surface area contributed by atoms with E-state index < -0.39 is 12.0 Å². The molecule has 176 valence electrons. The highest BCUT2D eigenvalue weighted by molar-refractivity contribution is 14.1. The van der Waals surface area contributed by atoms with Crippen molar-refractivity contribution in [2.75, 3.05) is 13.1 Å². The molecule has 0 bridgehead atoms. The molecule has 1 aliphatic heterocycles. The molecule has 1 aliphatic rings. The summed E-state index contributed by atoms with van der Waals surface area (Å²) in [6.07, 6.45) is 2.71. The minimum atomic E-state index is -1.05. The summed E-state index contributed by atoms with van der Waals surface area (Å²) >= 11 is 2.18. The monoisotopic (exact) mass is 566 g/mol. The van der Waals surface area contributed by atoms with Crippen molar-refractivity contribution in [1.82, 2.24) is 10.2 Å². The first-order chi connectivity index (χ1) is 15.8. The summed E-state index contributed by atoms with van der Waals surface area (Å²) < 4.78 is 14.3. The maximum atomic E-state index is 13.3. The highest BCUT2D eigenvalue weighted by Gasteiger charge is 2.26. The molecule has 2 amide bonds. The molecule has 1 fully saturated rings. The smallest absolute Gasteiger partial charge is 0.326 e. The van der Waals surface area contributed by atoms with E-state index in [4.69, 9.17) is 0 Å². The second kappa shape index (κ2) is 12.1. The second-order valence-electron chi connectivity index (χ2n) is 8.45. The number of piperidine rings is 1. The van der Waals surface area contributed by atoms with Crippen molar-refractivity contribution in [1.29, 1.82) is 0 Å². The number of amides is 2. The largest absolute Gasteiger partial charge is 0.480 e. The Kier molecular flexibility index (Phi) is 9.22. The molecule has 2 aromatic carbocycles. The van der Waals surface area contributed by atoms with Gasteiger partial charge in [0.25, 0.3) is 0 Å². The SMILES string of the molecule is O=C(CC1CCN(C(=O)CCc2cccc(F)c2)CC1)N[C@@H](Cc1ccc(I)cc1)C(=O)O. The van der Waals surface area contributed by atoms with Gasteiger partial charge < -0.3 is 15.3 Å². The number of aryl methyl sites for hydroxylation is 1. The first-order valence-electron chi connectivity index (χ1n) is 11.1. The van der Waals surface area contributed by atoms with Crippen LogP contribution in [0.4, 0.5) is 4.39 Å². The number of likely N-dealkylation sites (tertiary alicyclic amines) is 1. The number of benzene rings is 2. The number of carbonyl (C=O) groups excluding carboxylic acids is 2. The summed E-state index contributed by atoms with van der Waals surface area (Å²) in [6, 6.07) is 12.9. The molecule has 2 N–H and O–H groups in total. The summed E-state index contributed by atoms with van der Waals surface area (Å²) in [4.78, 5) is 38.4. The van der Waals surface area contributed by atoms with E-state index in [9.17, 15) is 23.9 Å². The number of carboxylic acid groups (broad SMARTS) is 1. The van der Waals surface area contributed by atoms with Crippen LogP contribution in [0.15, 0.2) is 48.5 Å². The van der Waals surface area contributed by atoms with Gasteiger partial charge in [-0.3, -0.25) is 9.59 Å². The molecule has 0 aromatic heterocycles. The Balaban J connectivity index is 1.41. The standard InChI is InChI=1S/C25H28FIN2O4/c26-20-3-1-2-17(14-20)6-9-24(31)29-12-10-19(11-13-29)16-23(30)28-22(25(32)33)15-18-4-7-21(27)8-5-18/h1-5,7-8,14,19,22H,6,9-13,15-16H2,(H,28,30)(H,32,33)/t22-/m0/s1. The van der Waals surface area contributed by atoms with Crippen LogP contribution in [0, 0.1) is 15.3 Å². The molecule has 33 heavy (non-hydrogen) atoms. The average Bonchev–Trinajstić information content (AvgIpc) is 2.79. The molecule has 1 heterocycles. The Morgan fingerprint density at radius 1 is 1.09 bits per heavy atom. The predicted molar refractivity (Wildman–Crippen MR) is 131 cm³/mol. The van der Waals surface area contributed by atoms with Gasteiger partial charge in [-0.1, -0.05) is 24.3 Å². The van der Waals surface area contributed by atoms with Gasteiger partial charge in [0.15, 0.2) is 0 Å². The zero-order valence-corrected chi connectivity index (χ0v) is 20.5. The molecule has 1 atom stereocenters. The first-order valence-corrected chi connectivity index (χ1v) is 12.2. The lowest BCUT2D eigenvalue weighted by molar-refractivity contribution is -0.142. The fourth-order valence-electron chi connectivity index (χ4n) is 4.06. The molecule has 3 rings (SSSR count). The number of hydrogen-bond donors (Lipinski definition) is 2. The van der Waals surface area contributed by atoms with Gasteiger partial charge in [-0.15, -0.1) is 0 Å². The minimum absolute atomic E-state index is 0.0330. The maximum absolute atomic E-state index is 13.3. The summed E-state index contributed by atoms with van der Waals surface area (Å²) in [5, 5.41) is 12.2. The number of halogens is 2. The van der Waals surface area contributed by atoms with Crippen LogP contribution in [0.3, 0.4) is 0 Å². The molecule has 0 unspecified atom stereocenters. The number of carbonyl (C=O) groups is 3. The van der Waals surface area contributed by atoms with Crippen molar-refractivity contribution in [2.45, 2.75) is 44.6 Å². The zero-order valence-electron chi connectivity index (χ0n) is 18.3. The topological polar surface area (TPSA) is 86.7 Å². The van der Waals surface area contributed by atoms with E-state index in [1.807, 2.05) is 30.3 Å². The van der Waals surface area contributed by atoms with Crippen LogP contribution < -0.4 is 5.32 Å². The molecule has 2 aromatic rings. The molecule has 0 saturated carbocycles. The van der Waals surface area contributed by atoms with Gasteiger partial charge in [0.2, 0.25) is 11.8 Å². The number of aliphatic carboxylic acids is 1. The van der Waals surface area contributed by atoms with Gasteiger partial charge in [-0.2, -0.15) is 0 Å². The van der Waals surface area contributed by atoms with Crippen LogP contribution in [0.1, 0.15) is 36.8 Å². The third kappa shape index (κ3) is 8.10. The van der Waals surface area contributed by atoms with Gasteiger partial charge in [0.1, 0.15) is 11.9 Å². The summed E-state index contributed by atoms with van der Waals surface area (Å²) in [5.74, 6) is -1.48. The lowest BCUT2D eigenvalue weighted by Gasteiger charge is -2.32. The average molecular weight is 566 g/mol. The zero-order chi connectivity index (χ0) is 23.8. The first kappa shape index (κ1) is 25.1. The van der Waals surface area contributed by atoms with Crippen molar-refractivity contribution >= 4 is 40.4 Å². The number of nitrogens with zero attached hydrogens (tertiary/aromatic N) is 1. The van der Waals surface area contributed by atoms with E-state index in [1.54, 1.807) is 11.0 Å². The summed E-state index contributed by atoms with van der Waals surface area (Å²) in [5.41, 5.74) is 1.65. The molecular formula is C25H28FIN2O4.